The van der Waals surface area contributed by atoms with Crippen molar-refractivity contribution in [2.45, 2.75) is 25.4 Å². The van der Waals surface area contributed by atoms with Crippen molar-refractivity contribution >= 4 is 17.8 Å². The molecule has 1 fully saturated rings. The molecule has 1 aromatic rings. The lowest BCUT2D eigenvalue weighted by Crippen LogP contribution is -2.47. The zero-order chi connectivity index (χ0) is 14.0. The maximum absolute atomic E-state index is 12.3. The number of nitrogens with one attached hydrogen (secondary N) is 1. The second-order valence-electron chi connectivity index (χ2n) is 4.33. The number of imide groups is 1. The highest BCUT2D eigenvalue weighted by atomic mass is 16.2. The molecule has 0 saturated carbocycles. The fourth-order valence-electron chi connectivity index (χ4n) is 2.17. The summed E-state index contributed by atoms with van der Waals surface area (Å²) in [5.74, 6) is -1.12. The van der Waals surface area contributed by atoms with Crippen LogP contribution in [-0.4, -0.2) is 28.8 Å². The first-order chi connectivity index (χ1) is 9.06. The van der Waals surface area contributed by atoms with Gasteiger partial charge in [0.2, 0.25) is 5.91 Å². The molecule has 1 aliphatic heterocycles. The molecule has 19 heavy (non-hydrogen) atoms. The summed E-state index contributed by atoms with van der Waals surface area (Å²) >= 11 is 0. The van der Waals surface area contributed by atoms with Crippen LogP contribution < -0.4 is 11.1 Å². The van der Waals surface area contributed by atoms with Crippen molar-refractivity contribution in [2.75, 3.05) is 0 Å². The van der Waals surface area contributed by atoms with E-state index in [0.29, 0.717) is 12.0 Å². The highest BCUT2D eigenvalue weighted by Crippen LogP contribution is 2.24. The third-order valence-electron chi connectivity index (χ3n) is 3.13. The van der Waals surface area contributed by atoms with Crippen molar-refractivity contribution < 1.29 is 14.4 Å². The van der Waals surface area contributed by atoms with E-state index in [1.807, 2.05) is 6.07 Å². The number of urea groups is 1. The Bertz CT molecular complexity index is 515. The Morgan fingerprint density at radius 1 is 1.37 bits per heavy atom. The fourth-order valence-corrected chi connectivity index (χ4v) is 2.17. The molecule has 1 heterocycles. The Kier molecular flexibility index (Phi) is 3.50. The van der Waals surface area contributed by atoms with Crippen LogP contribution in [0.5, 0.6) is 0 Å². The third kappa shape index (κ3) is 2.29. The smallest absolute Gasteiger partial charge is 0.325 e. The van der Waals surface area contributed by atoms with Crippen molar-refractivity contribution in [3.63, 3.8) is 0 Å². The molecule has 4 amide bonds. The molecule has 2 atom stereocenters. The van der Waals surface area contributed by atoms with E-state index in [-0.39, 0.29) is 0 Å². The predicted octanol–water partition coefficient (Wildman–Crippen LogP) is 0.543. The van der Waals surface area contributed by atoms with Gasteiger partial charge >= 0.3 is 6.03 Å². The van der Waals surface area contributed by atoms with Gasteiger partial charge in [0, 0.05) is 0 Å². The second-order valence-corrected chi connectivity index (χ2v) is 4.33. The molecule has 0 aromatic heterocycles. The summed E-state index contributed by atoms with van der Waals surface area (Å²) in [6.07, 6.45) is 0.302. The van der Waals surface area contributed by atoms with Crippen LogP contribution in [0.4, 0.5) is 4.79 Å². The third-order valence-corrected chi connectivity index (χ3v) is 3.13. The van der Waals surface area contributed by atoms with Gasteiger partial charge in [-0.3, -0.25) is 9.59 Å². The molecule has 2 rings (SSSR count). The van der Waals surface area contributed by atoms with Crippen LogP contribution >= 0.6 is 0 Å². The van der Waals surface area contributed by atoms with E-state index >= 15 is 0 Å². The number of nitrogens with two attached hydrogens (primary N) is 1. The zero-order valence-corrected chi connectivity index (χ0v) is 10.5. The summed E-state index contributed by atoms with van der Waals surface area (Å²) in [4.78, 5) is 36.3. The number of rotatable bonds is 4. The number of amides is 4. The van der Waals surface area contributed by atoms with Gasteiger partial charge in [-0.2, -0.15) is 0 Å². The minimum atomic E-state index is -0.902. The number of carbonyl (C=O) groups excluding carboxylic acids is 3. The largest absolute Gasteiger partial charge is 0.368 e. The molecule has 6 heteroatoms. The lowest BCUT2D eigenvalue weighted by Gasteiger charge is -2.20. The number of carbonyl (C=O) groups is 3. The highest BCUT2D eigenvalue weighted by molar-refractivity contribution is 6.07. The minimum Gasteiger partial charge on any atom is -0.368 e. The molecule has 3 N–H and O–H groups in total. The predicted molar refractivity (Wildman–Crippen MR) is 67.8 cm³/mol. The topological polar surface area (TPSA) is 92.5 Å². The SMILES string of the molecule is CCC(C(N)=O)N1C(=O)NC(c2ccccc2)C1=O. The molecule has 0 aliphatic carbocycles. The first-order valence-corrected chi connectivity index (χ1v) is 6.04. The lowest BCUT2D eigenvalue weighted by molar-refractivity contribution is -0.134. The monoisotopic (exact) mass is 261 g/mol. The van der Waals surface area contributed by atoms with Gasteiger partial charge in [-0.25, -0.2) is 9.69 Å². The molecule has 6 nitrogen and oxygen atoms in total. The molecule has 1 aromatic carbocycles. The van der Waals surface area contributed by atoms with Gasteiger partial charge in [-0.15, -0.1) is 0 Å². The summed E-state index contributed by atoms with van der Waals surface area (Å²) in [6, 6.07) is 6.65. The van der Waals surface area contributed by atoms with Crippen molar-refractivity contribution in [3.8, 4) is 0 Å². The van der Waals surface area contributed by atoms with E-state index in [4.69, 9.17) is 5.73 Å². The number of hydrogen-bond donors (Lipinski definition) is 2. The van der Waals surface area contributed by atoms with Gasteiger partial charge in [0.25, 0.3) is 5.91 Å². The van der Waals surface area contributed by atoms with E-state index < -0.39 is 29.9 Å². The molecule has 2 unspecified atom stereocenters. The van der Waals surface area contributed by atoms with Gasteiger partial charge in [-0.1, -0.05) is 37.3 Å². The standard InChI is InChI=1S/C13H15N3O3/c1-2-9(11(14)17)16-12(18)10(15-13(16)19)8-6-4-3-5-7-8/h3-7,9-10H,2H2,1H3,(H2,14,17)(H,15,19). The van der Waals surface area contributed by atoms with Gasteiger partial charge in [0.15, 0.2) is 0 Å². The van der Waals surface area contributed by atoms with Crippen molar-refractivity contribution in [3.05, 3.63) is 35.9 Å². The zero-order valence-electron chi connectivity index (χ0n) is 10.5. The van der Waals surface area contributed by atoms with Crippen LogP contribution in [-0.2, 0) is 9.59 Å². The van der Waals surface area contributed by atoms with Gasteiger partial charge in [0.1, 0.15) is 12.1 Å². The number of primary amides is 1. The molecule has 0 radical (unpaired) electrons. The molecule has 1 saturated heterocycles. The summed E-state index contributed by atoms with van der Waals surface area (Å²) in [6.45, 7) is 1.70. The van der Waals surface area contributed by atoms with Crippen LogP contribution in [0.1, 0.15) is 24.9 Å². The number of benzene rings is 1. The molecule has 100 valence electrons. The maximum Gasteiger partial charge on any atom is 0.325 e. The Labute approximate surface area is 110 Å². The highest BCUT2D eigenvalue weighted by Gasteiger charge is 2.43. The number of hydrogen-bond acceptors (Lipinski definition) is 3. The molecule has 1 aliphatic rings. The van der Waals surface area contributed by atoms with Gasteiger partial charge in [0.05, 0.1) is 0 Å². The van der Waals surface area contributed by atoms with E-state index in [2.05, 4.69) is 5.32 Å². The normalized spacial score (nSPS) is 20.3. The fraction of sp³-hybridized carbons (Fsp3) is 0.308. The van der Waals surface area contributed by atoms with E-state index in [0.717, 1.165) is 4.90 Å². The van der Waals surface area contributed by atoms with Crippen LogP contribution in [0.2, 0.25) is 0 Å². The van der Waals surface area contributed by atoms with Crippen molar-refractivity contribution in [1.82, 2.24) is 10.2 Å². The van der Waals surface area contributed by atoms with Crippen LogP contribution in [0.3, 0.4) is 0 Å². The Balaban J connectivity index is 2.29. The van der Waals surface area contributed by atoms with Crippen LogP contribution in [0.25, 0.3) is 0 Å². The van der Waals surface area contributed by atoms with Crippen molar-refractivity contribution in [1.29, 1.82) is 0 Å². The number of nitrogens with zero attached hydrogens (tertiary/aromatic N) is 1. The van der Waals surface area contributed by atoms with Gasteiger partial charge < -0.3 is 11.1 Å². The van der Waals surface area contributed by atoms with Crippen molar-refractivity contribution in [2.24, 2.45) is 5.73 Å². The summed E-state index contributed by atoms with van der Waals surface area (Å²) < 4.78 is 0. The summed E-state index contributed by atoms with van der Waals surface area (Å²) in [7, 11) is 0. The molecule has 0 bridgehead atoms. The molecular formula is C13H15N3O3. The summed E-state index contributed by atoms with van der Waals surface area (Å²) in [5, 5.41) is 2.57. The Morgan fingerprint density at radius 3 is 2.53 bits per heavy atom. The molecular weight excluding hydrogens is 246 g/mol. The molecule has 0 spiro atoms. The van der Waals surface area contributed by atoms with E-state index in [1.54, 1.807) is 31.2 Å². The minimum absolute atomic E-state index is 0.302. The van der Waals surface area contributed by atoms with Crippen LogP contribution in [0, 0.1) is 0 Å². The van der Waals surface area contributed by atoms with Crippen LogP contribution in [0.15, 0.2) is 30.3 Å². The van der Waals surface area contributed by atoms with Gasteiger partial charge in [-0.05, 0) is 12.0 Å². The quantitative estimate of drug-likeness (QED) is 0.775. The maximum atomic E-state index is 12.3. The summed E-state index contributed by atoms with van der Waals surface area (Å²) in [5.41, 5.74) is 5.91. The average molecular weight is 261 g/mol. The Hall–Kier alpha value is -2.37. The first-order valence-electron chi connectivity index (χ1n) is 6.04. The van der Waals surface area contributed by atoms with E-state index in [9.17, 15) is 14.4 Å². The second kappa shape index (κ2) is 5.09. The average Bonchev–Trinajstić information content (AvgIpc) is 2.68. The Morgan fingerprint density at radius 2 is 2.00 bits per heavy atom. The lowest BCUT2D eigenvalue weighted by atomic mass is 10.1. The van der Waals surface area contributed by atoms with E-state index in [1.165, 1.54) is 0 Å². The first kappa shape index (κ1) is 13.1.